The quantitative estimate of drug-likeness (QED) is 0.915. The van der Waals surface area contributed by atoms with Gasteiger partial charge in [-0.3, -0.25) is 0 Å². The Balaban J connectivity index is 2.22. The van der Waals surface area contributed by atoms with Crippen LogP contribution in [0, 0.1) is 20.8 Å². The number of rotatable bonds is 3. The van der Waals surface area contributed by atoms with Gasteiger partial charge in [0, 0.05) is 13.6 Å². The predicted octanol–water partition coefficient (Wildman–Crippen LogP) is 3.23. The molecule has 0 spiro atoms. The summed E-state index contributed by atoms with van der Waals surface area (Å²) in [5, 5.41) is 0. The Morgan fingerprint density at radius 2 is 1.84 bits per heavy atom. The van der Waals surface area contributed by atoms with Crippen molar-refractivity contribution in [3.8, 4) is 0 Å². The third kappa shape index (κ3) is 3.05. The zero-order valence-corrected chi connectivity index (χ0v) is 12.1. The summed E-state index contributed by atoms with van der Waals surface area (Å²) in [6.45, 7) is 7.05. The van der Waals surface area contributed by atoms with Crippen LogP contribution >= 0.6 is 0 Å². The topological polar surface area (TPSA) is 42.1 Å². The van der Waals surface area contributed by atoms with Gasteiger partial charge in [-0.1, -0.05) is 23.8 Å². The molecule has 0 aliphatic heterocycles. The molecule has 0 bridgehead atoms. The maximum absolute atomic E-state index is 5.80. The molecule has 0 aliphatic rings. The van der Waals surface area contributed by atoms with E-state index in [0.717, 1.165) is 23.7 Å². The van der Waals surface area contributed by atoms with Crippen LogP contribution in [0.1, 0.15) is 22.4 Å². The Morgan fingerprint density at radius 1 is 1.11 bits per heavy atom. The lowest BCUT2D eigenvalue weighted by atomic mass is 10.1. The Bertz CT molecular complexity index is 591. The number of nitrogens with zero attached hydrogens (tertiary/aromatic N) is 2. The van der Waals surface area contributed by atoms with Crippen molar-refractivity contribution in [2.45, 2.75) is 27.3 Å². The lowest BCUT2D eigenvalue weighted by Gasteiger charge is -2.20. The minimum atomic E-state index is 0.740. The fourth-order valence-electron chi connectivity index (χ4n) is 2.08. The molecule has 3 heteroatoms. The van der Waals surface area contributed by atoms with Crippen molar-refractivity contribution in [2.24, 2.45) is 0 Å². The van der Waals surface area contributed by atoms with E-state index in [2.05, 4.69) is 49.0 Å². The SMILES string of the molecule is Cc1ccc(C)c(CN(C)c2ccc(N)c(C)n2)c1. The molecule has 2 N–H and O–H groups in total. The minimum Gasteiger partial charge on any atom is -0.397 e. The van der Waals surface area contributed by atoms with Crippen LogP contribution in [-0.2, 0) is 6.54 Å². The van der Waals surface area contributed by atoms with Crippen molar-refractivity contribution in [2.75, 3.05) is 17.7 Å². The fraction of sp³-hybridized carbons (Fsp3) is 0.312. The van der Waals surface area contributed by atoms with Crippen LogP contribution < -0.4 is 10.6 Å². The third-order valence-corrected chi connectivity index (χ3v) is 3.42. The van der Waals surface area contributed by atoms with Crippen molar-refractivity contribution >= 4 is 11.5 Å². The molecule has 0 fully saturated rings. The smallest absolute Gasteiger partial charge is 0.128 e. The van der Waals surface area contributed by atoms with Crippen molar-refractivity contribution in [1.29, 1.82) is 0 Å². The predicted molar refractivity (Wildman–Crippen MR) is 81.4 cm³/mol. The van der Waals surface area contributed by atoms with E-state index in [1.807, 2.05) is 19.1 Å². The number of hydrogen-bond acceptors (Lipinski definition) is 3. The minimum absolute atomic E-state index is 0.740. The fourth-order valence-corrected chi connectivity index (χ4v) is 2.08. The van der Waals surface area contributed by atoms with Gasteiger partial charge in [-0.15, -0.1) is 0 Å². The number of anilines is 2. The number of nitrogens with two attached hydrogens (primary N) is 1. The molecule has 0 unspecified atom stereocenters. The van der Waals surface area contributed by atoms with Gasteiger partial charge in [-0.2, -0.15) is 0 Å². The zero-order valence-electron chi connectivity index (χ0n) is 12.1. The molecular weight excluding hydrogens is 234 g/mol. The van der Waals surface area contributed by atoms with Crippen molar-refractivity contribution in [3.05, 3.63) is 52.7 Å². The van der Waals surface area contributed by atoms with E-state index in [1.54, 1.807) is 0 Å². The van der Waals surface area contributed by atoms with Crippen LogP contribution in [0.2, 0.25) is 0 Å². The lowest BCUT2D eigenvalue weighted by Crippen LogP contribution is -2.18. The number of benzene rings is 1. The van der Waals surface area contributed by atoms with E-state index in [0.29, 0.717) is 0 Å². The molecule has 2 aromatic rings. The number of pyridine rings is 1. The van der Waals surface area contributed by atoms with Gasteiger partial charge in [-0.05, 0) is 44.0 Å². The lowest BCUT2D eigenvalue weighted by molar-refractivity contribution is 0.885. The highest BCUT2D eigenvalue weighted by atomic mass is 15.2. The molecule has 0 aliphatic carbocycles. The molecule has 0 amide bonds. The summed E-state index contributed by atoms with van der Waals surface area (Å²) >= 11 is 0. The van der Waals surface area contributed by atoms with Crippen molar-refractivity contribution in [3.63, 3.8) is 0 Å². The molecule has 1 heterocycles. The van der Waals surface area contributed by atoms with E-state index in [1.165, 1.54) is 16.7 Å². The summed E-state index contributed by atoms with van der Waals surface area (Å²) < 4.78 is 0. The summed E-state index contributed by atoms with van der Waals surface area (Å²) in [7, 11) is 2.06. The molecule has 0 saturated carbocycles. The monoisotopic (exact) mass is 255 g/mol. The highest BCUT2D eigenvalue weighted by Gasteiger charge is 2.07. The molecule has 3 nitrogen and oxygen atoms in total. The van der Waals surface area contributed by atoms with Gasteiger partial charge in [0.1, 0.15) is 5.82 Å². The van der Waals surface area contributed by atoms with Gasteiger partial charge in [0.05, 0.1) is 11.4 Å². The van der Waals surface area contributed by atoms with Gasteiger partial charge in [0.2, 0.25) is 0 Å². The highest BCUT2D eigenvalue weighted by molar-refractivity contribution is 5.50. The van der Waals surface area contributed by atoms with Crippen LogP contribution in [0.4, 0.5) is 11.5 Å². The molecule has 19 heavy (non-hydrogen) atoms. The van der Waals surface area contributed by atoms with Crippen LogP contribution in [0.25, 0.3) is 0 Å². The Kier molecular flexibility index (Phi) is 3.74. The number of hydrogen-bond donors (Lipinski definition) is 1. The van der Waals surface area contributed by atoms with Gasteiger partial charge < -0.3 is 10.6 Å². The second-order valence-electron chi connectivity index (χ2n) is 5.13. The molecule has 2 rings (SSSR count). The first-order valence-electron chi connectivity index (χ1n) is 6.48. The number of nitrogen functional groups attached to an aromatic ring is 1. The van der Waals surface area contributed by atoms with E-state index in [-0.39, 0.29) is 0 Å². The average molecular weight is 255 g/mol. The summed E-state index contributed by atoms with van der Waals surface area (Å²) in [5.41, 5.74) is 11.4. The first-order chi connectivity index (χ1) is 8.97. The molecule has 100 valence electrons. The molecule has 1 aromatic heterocycles. The summed E-state index contributed by atoms with van der Waals surface area (Å²) in [4.78, 5) is 6.67. The first kappa shape index (κ1) is 13.4. The van der Waals surface area contributed by atoms with Crippen LogP contribution in [-0.4, -0.2) is 12.0 Å². The summed E-state index contributed by atoms with van der Waals surface area (Å²) in [6.07, 6.45) is 0. The second-order valence-corrected chi connectivity index (χ2v) is 5.13. The molecule has 0 saturated heterocycles. The second kappa shape index (κ2) is 5.31. The third-order valence-electron chi connectivity index (χ3n) is 3.42. The van der Waals surface area contributed by atoms with Gasteiger partial charge in [-0.25, -0.2) is 4.98 Å². The number of aromatic nitrogens is 1. The van der Waals surface area contributed by atoms with Gasteiger partial charge in [0.25, 0.3) is 0 Å². The van der Waals surface area contributed by atoms with E-state index >= 15 is 0 Å². The normalized spacial score (nSPS) is 10.5. The maximum Gasteiger partial charge on any atom is 0.128 e. The van der Waals surface area contributed by atoms with Crippen LogP contribution in [0.15, 0.2) is 30.3 Å². The molecular formula is C16H21N3. The van der Waals surface area contributed by atoms with Gasteiger partial charge in [0.15, 0.2) is 0 Å². The first-order valence-corrected chi connectivity index (χ1v) is 6.48. The largest absolute Gasteiger partial charge is 0.397 e. The molecule has 0 radical (unpaired) electrons. The molecule has 1 aromatic carbocycles. The maximum atomic E-state index is 5.80. The zero-order chi connectivity index (χ0) is 14.0. The Hall–Kier alpha value is -2.03. The van der Waals surface area contributed by atoms with Crippen LogP contribution in [0.3, 0.4) is 0 Å². The summed E-state index contributed by atoms with van der Waals surface area (Å²) in [6, 6.07) is 10.4. The average Bonchev–Trinajstić information content (AvgIpc) is 2.37. The van der Waals surface area contributed by atoms with Crippen LogP contribution in [0.5, 0.6) is 0 Å². The standard InChI is InChI=1S/C16H21N3/c1-11-5-6-12(2)14(9-11)10-19(4)16-8-7-15(17)13(3)18-16/h5-9H,10,17H2,1-4H3. The highest BCUT2D eigenvalue weighted by Crippen LogP contribution is 2.19. The Labute approximate surface area is 115 Å². The van der Waals surface area contributed by atoms with Crippen molar-refractivity contribution < 1.29 is 0 Å². The Morgan fingerprint density at radius 3 is 2.53 bits per heavy atom. The van der Waals surface area contributed by atoms with Gasteiger partial charge >= 0.3 is 0 Å². The number of aryl methyl sites for hydroxylation is 3. The van der Waals surface area contributed by atoms with E-state index in [4.69, 9.17) is 5.73 Å². The molecule has 0 atom stereocenters. The van der Waals surface area contributed by atoms with Crippen molar-refractivity contribution in [1.82, 2.24) is 4.98 Å². The van der Waals surface area contributed by atoms with E-state index in [9.17, 15) is 0 Å². The van der Waals surface area contributed by atoms with E-state index < -0.39 is 0 Å². The summed E-state index contributed by atoms with van der Waals surface area (Å²) in [5.74, 6) is 0.951.